The third-order valence-electron chi connectivity index (χ3n) is 1.40. The van der Waals surface area contributed by atoms with Crippen molar-refractivity contribution in [2.75, 3.05) is 13.2 Å². The van der Waals surface area contributed by atoms with Gasteiger partial charge in [0.25, 0.3) is 0 Å². The molecule has 11 heavy (non-hydrogen) atoms. The summed E-state index contributed by atoms with van der Waals surface area (Å²) in [4.78, 5) is 0. The van der Waals surface area contributed by atoms with Gasteiger partial charge in [0.15, 0.2) is 0 Å². The van der Waals surface area contributed by atoms with E-state index in [4.69, 9.17) is 5.11 Å². The van der Waals surface area contributed by atoms with E-state index < -0.39 is 0 Å². The average Bonchev–Trinajstić information content (AvgIpc) is 2.50. The van der Waals surface area contributed by atoms with Crippen molar-refractivity contribution in [1.82, 2.24) is 15.5 Å². The lowest BCUT2D eigenvalue weighted by atomic mass is 10.3. The molecule has 3 N–H and O–H groups in total. The summed E-state index contributed by atoms with van der Waals surface area (Å²) in [6.07, 6.45) is 4.44. The molecule has 0 aliphatic rings. The first-order valence-electron chi connectivity index (χ1n) is 3.72. The highest BCUT2D eigenvalue weighted by Gasteiger charge is 1.91. The van der Waals surface area contributed by atoms with E-state index in [1.807, 2.05) is 6.20 Å². The van der Waals surface area contributed by atoms with E-state index in [9.17, 15) is 0 Å². The quantitative estimate of drug-likeness (QED) is 0.519. The number of aliphatic hydroxyl groups is 1. The number of H-pyrrole nitrogens is 1. The van der Waals surface area contributed by atoms with E-state index in [1.54, 1.807) is 6.20 Å². The smallest absolute Gasteiger partial charge is 0.0532 e. The highest BCUT2D eigenvalue weighted by atomic mass is 16.3. The predicted molar refractivity (Wildman–Crippen MR) is 42.0 cm³/mol. The van der Waals surface area contributed by atoms with Crippen molar-refractivity contribution in [2.24, 2.45) is 0 Å². The molecule has 0 amide bonds. The largest absolute Gasteiger partial charge is 0.396 e. The van der Waals surface area contributed by atoms with Gasteiger partial charge in [-0.05, 0) is 13.0 Å². The molecule has 1 aromatic heterocycles. The van der Waals surface area contributed by atoms with E-state index in [0.29, 0.717) is 0 Å². The van der Waals surface area contributed by atoms with Crippen LogP contribution in [0.3, 0.4) is 0 Å². The van der Waals surface area contributed by atoms with E-state index in [0.717, 1.165) is 25.1 Å². The number of nitrogens with zero attached hydrogens (tertiary/aromatic N) is 1. The number of hydrogen-bond acceptors (Lipinski definition) is 3. The minimum atomic E-state index is 0.248. The Hall–Kier alpha value is -0.870. The Bertz CT molecular complexity index is 174. The molecule has 4 heteroatoms. The first kappa shape index (κ1) is 8.23. The number of aromatic nitrogens is 2. The first-order valence-corrected chi connectivity index (χ1v) is 3.72. The summed E-state index contributed by atoms with van der Waals surface area (Å²) in [7, 11) is 0. The molecule has 0 aromatic carbocycles. The van der Waals surface area contributed by atoms with Crippen LogP contribution in [0.4, 0.5) is 0 Å². The van der Waals surface area contributed by atoms with Gasteiger partial charge in [0.1, 0.15) is 0 Å². The molecule has 62 valence electrons. The second-order valence-electron chi connectivity index (χ2n) is 2.36. The second-order valence-corrected chi connectivity index (χ2v) is 2.36. The topological polar surface area (TPSA) is 60.9 Å². The Kier molecular flexibility index (Phi) is 3.64. The van der Waals surface area contributed by atoms with Crippen LogP contribution in [-0.2, 0) is 6.54 Å². The molecule has 4 nitrogen and oxygen atoms in total. The zero-order chi connectivity index (χ0) is 7.94. The van der Waals surface area contributed by atoms with E-state index in [1.165, 1.54) is 0 Å². The fourth-order valence-corrected chi connectivity index (χ4v) is 0.811. The highest BCUT2D eigenvalue weighted by Crippen LogP contribution is 1.91. The molecule has 0 radical (unpaired) electrons. The van der Waals surface area contributed by atoms with Gasteiger partial charge in [-0.1, -0.05) is 0 Å². The normalized spacial score (nSPS) is 10.3. The monoisotopic (exact) mass is 155 g/mol. The summed E-state index contributed by atoms with van der Waals surface area (Å²) in [5, 5.41) is 18.2. The van der Waals surface area contributed by atoms with Gasteiger partial charge in [-0.2, -0.15) is 5.10 Å². The highest BCUT2D eigenvalue weighted by molar-refractivity contribution is 5.01. The fraction of sp³-hybridized carbons (Fsp3) is 0.571. The fourth-order valence-electron chi connectivity index (χ4n) is 0.811. The lowest BCUT2D eigenvalue weighted by Gasteiger charge is -1.99. The molecule has 1 rings (SSSR count). The van der Waals surface area contributed by atoms with Crippen molar-refractivity contribution in [3.63, 3.8) is 0 Å². The van der Waals surface area contributed by atoms with Crippen LogP contribution in [0.25, 0.3) is 0 Å². The van der Waals surface area contributed by atoms with Gasteiger partial charge in [-0.15, -0.1) is 0 Å². The van der Waals surface area contributed by atoms with Crippen molar-refractivity contribution in [2.45, 2.75) is 13.0 Å². The molecule has 0 saturated heterocycles. The van der Waals surface area contributed by atoms with Gasteiger partial charge < -0.3 is 10.4 Å². The van der Waals surface area contributed by atoms with Crippen LogP contribution in [0.5, 0.6) is 0 Å². The van der Waals surface area contributed by atoms with Crippen molar-refractivity contribution in [1.29, 1.82) is 0 Å². The van der Waals surface area contributed by atoms with Crippen molar-refractivity contribution < 1.29 is 5.11 Å². The standard InChI is InChI=1S/C7H13N3O/c11-3-1-2-8-4-7-5-9-10-6-7/h5-6,8,11H,1-4H2,(H,9,10). The molecule has 0 unspecified atom stereocenters. The number of hydrogen-bond donors (Lipinski definition) is 3. The summed E-state index contributed by atoms with van der Waals surface area (Å²) < 4.78 is 0. The lowest BCUT2D eigenvalue weighted by molar-refractivity contribution is 0.286. The Morgan fingerprint density at radius 1 is 1.64 bits per heavy atom. The van der Waals surface area contributed by atoms with Crippen LogP contribution in [0.1, 0.15) is 12.0 Å². The van der Waals surface area contributed by atoms with Crippen molar-refractivity contribution >= 4 is 0 Å². The Labute approximate surface area is 65.6 Å². The van der Waals surface area contributed by atoms with E-state index in [2.05, 4.69) is 15.5 Å². The second kappa shape index (κ2) is 4.87. The maximum absolute atomic E-state index is 8.46. The van der Waals surface area contributed by atoms with Crippen LogP contribution < -0.4 is 5.32 Å². The molecule has 0 atom stereocenters. The maximum atomic E-state index is 8.46. The third kappa shape index (κ3) is 3.15. The molecule has 1 heterocycles. The molecule has 0 aliphatic heterocycles. The summed E-state index contributed by atoms with van der Waals surface area (Å²) >= 11 is 0. The van der Waals surface area contributed by atoms with E-state index in [-0.39, 0.29) is 6.61 Å². The van der Waals surface area contributed by atoms with Gasteiger partial charge in [0.2, 0.25) is 0 Å². The number of aliphatic hydroxyl groups excluding tert-OH is 1. The van der Waals surface area contributed by atoms with Gasteiger partial charge in [0, 0.05) is 24.9 Å². The van der Waals surface area contributed by atoms with Crippen molar-refractivity contribution in [3.05, 3.63) is 18.0 Å². The molecule has 0 spiro atoms. The minimum absolute atomic E-state index is 0.248. The first-order chi connectivity index (χ1) is 5.43. The Balaban J connectivity index is 2.04. The Morgan fingerprint density at radius 3 is 3.18 bits per heavy atom. The minimum Gasteiger partial charge on any atom is -0.396 e. The number of nitrogens with one attached hydrogen (secondary N) is 2. The van der Waals surface area contributed by atoms with Crippen molar-refractivity contribution in [3.8, 4) is 0 Å². The van der Waals surface area contributed by atoms with Crippen LogP contribution in [0, 0.1) is 0 Å². The van der Waals surface area contributed by atoms with E-state index >= 15 is 0 Å². The van der Waals surface area contributed by atoms with Gasteiger partial charge >= 0.3 is 0 Å². The molecular weight excluding hydrogens is 142 g/mol. The van der Waals surface area contributed by atoms with Gasteiger partial charge in [-0.25, -0.2) is 0 Å². The summed E-state index contributed by atoms with van der Waals surface area (Å²) in [6, 6.07) is 0. The SMILES string of the molecule is OCCCNCc1cn[nH]c1. The zero-order valence-corrected chi connectivity index (χ0v) is 6.38. The molecule has 0 saturated carbocycles. The zero-order valence-electron chi connectivity index (χ0n) is 6.38. The molecule has 0 bridgehead atoms. The third-order valence-corrected chi connectivity index (χ3v) is 1.40. The molecule has 0 fully saturated rings. The Morgan fingerprint density at radius 2 is 2.55 bits per heavy atom. The molecule has 1 aromatic rings. The summed E-state index contributed by atoms with van der Waals surface area (Å²) in [5.41, 5.74) is 1.14. The molecule has 0 aliphatic carbocycles. The van der Waals surface area contributed by atoms with Crippen LogP contribution in [0.2, 0.25) is 0 Å². The number of aromatic amines is 1. The molecular formula is C7H13N3O. The van der Waals surface area contributed by atoms with Gasteiger partial charge in [0.05, 0.1) is 6.20 Å². The lowest BCUT2D eigenvalue weighted by Crippen LogP contribution is -2.15. The maximum Gasteiger partial charge on any atom is 0.0532 e. The van der Waals surface area contributed by atoms with Crippen LogP contribution in [0.15, 0.2) is 12.4 Å². The predicted octanol–water partition coefficient (Wildman–Crippen LogP) is -0.118. The van der Waals surface area contributed by atoms with Crippen LogP contribution >= 0.6 is 0 Å². The van der Waals surface area contributed by atoms with Gasteiger partial charge in [-0.3, -0.25) is 5.10 Å². The average molecular weight is 155 g/mol. The van der Waals surface area contributed by atoms with Crippen LogP contribution in [-0.4, -0.2) is 28.5 Å². The summed E-state index contributed by atoms with van der Waals surface area (Å²) in [5.74, 6) is 0. The number of rotatable bonds is 5. The summed E-state index contributed by atoms with van der Waals surface area (Å²) in [6.45, 7) is 1.91.